The van der Waals surface area contributed by atoms with Gasteiger partial charge in [0.2, 0.25) is 5.89 Å². The van der Waals surface area contributed by atoms with Gasteiger partial charge in [0.05, 0.1) is 0 Å². The summed E-state index contributed by atoms with van der Waals surface area (Å²) in [6.45, 7) is 2.96. The van der Waals surface area contributed by atoms with E-state index < -0.39 is 12.8 Å². The molecule has 7 nitrogen and oxygen atoms in total. The van der Waals surface area contributed by atoms with Crippen LogP contribution in [0.4, 0.5) is 13.2 Å². The first-order chi connectivity index (χ1) is 12.8. The number of halogens is 3. The van der Waals surface area contributed by atoms with Gasteiger partial charge in [0.25, 0.3) is 0 Å². The van der Waals surface area contributed by atoms with Crippen molar-refractivity contribution in [2.45, 2.75) is 33.0 Å². The quantitative estimate of drug-likeness (QED) is 0.563. The zero-order chi connectivity index (χ0) is 19.9. The predicted molar refractivity (Wildman–Crippen MR) is 93.7 cm³/mol. The number of hydrogen-bond donors (Lipinski definition) is 2. The Kier molecular flexibility index (Phi) is 7.03. The Hall–Kier alpha value is -2.78. The first-order valence-corrected chi connectivity index (χ1v) is 8.29. The lowest BCUT2D eigenvalue weighted by Crippen LogP contribution is -2.38. The molecule has 0 aliphatic rings. The van der Waals surface area contributed by atoms with E-state index in [0.29, 0.717) is 36.2 Å². The van der Waals surface area contributed by atoms with Crippen molar-refractivity contribution in [3.8, 4) is 5.75 Å². The van der Waals surface area contributed by atoms with Crippen LogP contribution in [-0.4, -0.2) is 42.5 Å². The Morgan fingerprint density at radius 3 is 2.67 bits per heavy atom. The van der Waals surface area contributed by atoms with Crippen molar-refractivity contribution in [2.75, 3.05) is 20.2 Å². The summed E-state index contributed by atoms with van der Waals surface area (Å²) in [5.74, 6) is 1.76. The van der Waals surface area contributed by atoms with Crippen molar-refractivity contribution < 1.29 is 22.4 Å². The van der Waals surface area contributed by atoms with Crippen LogP contribution < -0.4 is 15.4 Å². The van der Waals surface area contributed by atoms with Gasteiger partial charge in [0.1, 0.15) is 5.75 Å². The van der Waals surface area contributed by atoms with E-state index in [-0.39, 0.29) is 12.3 Å². The van der Waals surface area contributed by atoms with Crippen molar-refractivity contribution in [3.63, 3.8) is 0 Å². The van der Waals surface area contributed by atoms with Gasteiger partial charge in [-0.15, -0.1) is 0 Å². The van der Waals surface area contributed by atoms with Crippen molar-refractivity contribution >= 4 is 5.96 Å². The van der Waals surface area contributed by atoms with Crippen molar-refractivity contribution in [3.05, 3.63) is 41.0 Å². The lowest BCUT2D eigenvalue weighted by Gasteiger charge is -2.16. The molecule has 1 aromatic heterocycles. The average molecular weight is 385 g/mol. The first kappa shape index (κ1) is 20.5. The fourth-order valence-corrected chi connectivity index (χ4v) is 2.23. The second-order valence-corrected chi connectivity index (χ2v) is 5.85. The molecule has 0 aliphatic carbocycles. The highest BCUT2D eigenvalue weighted by molar-refractivity contribution is 5.79. The summed E-state index contributed by atoms with van der Waals surface area (Å²) in [5, 5.41) is 9.83. The topological polar surface area (TPSA) is 84.6 Å². The number of hydrogen-bond acceptors (Lipinski definition) is 5. The third-order valence-electron chi connectivity index (χ3n) is 3.48. The van der Waals surface area contributed by atoms with Crippen molar-refractivity contribution in [2.24, 2.45) is 4.99 Å². The van der Waals surface area contributed by atoms with Crippen LogP contribution >= 0.6 is 0 Å². The van der Waals surface area contributed by atoms with Crippen molar-refractivity contribution in [1.29, 1.82) is 0 Å². The zero-order valence-electron chi connectivity index (χ0n) is 15.4. The monoisotopic (exact) mass is 385 g/mol. The number of rotatable bonds is 7. The summed E-state index contributed by atoms with van der Waals surface area (Å²) in [5.41, 5.74) is 1.41. The maximum Gasteiger partial charge on any atom is 0.422 e. The number of aryl methyl sites for hydroxylation is 2. The predicted octanol–water partition coefficient (Wildman–Crippen LogP) is 2.54. The van der Waals surface area contributed by atoms with E-state index in [1.165, 1.54) is 0 Å². The molecule has 1 aromatic carbocycles. The minimum atomic E-state index is -4.39. The number of benzene rings is 1. The van der Waals surface area contributed by atoms with E-state index in [1.54, 1.807) is 33.0 Å². The summed E-state index contributed by atoms with van der Waals surface area (Å²) >= 11 is 0. The van der Waals surface area contributed by atoms with Gasteiger partial charge in [-0.2, -0.15) is 18.2 Å². The van der Waals surface area contributed by atoms with Crippen LogP contribution in [0.15, 0.2) is 27.7 Å². The standard InChI is InChI=1S/C17H22F3N5O2/c1-11-4-5-13(14(8-11)26-10-17(18,19)20)9-23-16(21-3)22-7-6-15-24-12(2)25-27-15/h4-5,8H,6-7,9-10H2,1-3H3,(H2,21,22,23). The van der Waals surface area contributed by atoms with E-state index in [2.05, 4.69) is 25.8 Å². The SMILES string of the molecule is CN=C(NCCc1nc(C)no1)NCc1ccc(C)cc1OCC(F)(F)F. The number of alkyl halides is 3. The first-order valence-electron chi connectivity index (χ1n) is 8.29. The summed E-state index contributed by atoms with van der Waals surface area (Å²) in [4.78, 5) is 8.18. The average Bonchev–Trinajstić information content (AvgIpc) is 3.01. The molecule has 0 saturated carbocycles. The third-order valence-corrected chi connectivity index (χ3v) is 3.48. The minimum absolute atomic E-state index is 0.191. The van der Waals surface area contributed by atoms with Gasteiger partial charge in [0, 0.05) is 32.1 Å². The van der Waals surface area contributed by atoms with Crippen LogP contribution in [0.2, 0.25) is 0 Å². The van der Waals surface area contributed by atoms with Crippen LogP contribution in [0.3, 0.4) is 0 Å². The van der Waals surface area contributed by atoms with Gasteiger partial charge >= 0.3 is 6.18 Å². The summed E-state index contributed by atoms with van der Waals surface area (Å²) < 4.78 is 47.3. The largest absolute Gasteiger partial charge is 0.484 e. The smallest absolute Gasteiger partial charge is 0.422 e. The molecule has 27 heavy (non-hydrogen) atoms. The maximum absolute atomic E-state index is 12.4. The fraction of sp³-hybridized carbons (Fsp3) is 0.471. The van der Waals surface area contributed by atoms with Gasteiger partial charge in [-0.1, -0.05) is 17.3 Å². The molecule has 0 unspecified atom stereocenters. The number of aliphatic imine (C=N–C) groups is 1. The van der Waals surface area contributed by atoms with E-state index in [9.17, 15) is 13.2 Å². The van der Waals surface area contributed by atoms with Crippen LogP contribution in [0.5, 0.6) is 5.75 Å². The molecular formula is C17H22F3N5O2. The van der Waals surface area contributed by atoms with Gasteiger partial charge < -0.3 is 19.9 Å². The second kappa shape index (κ2) is 9.24. The highest BCUT2D eigenvalue weighted by atomic mass is 19.4. The second-order valence-electron chi connectivity index (χ2n) is 5.85. The summed E-state index contributed by atoms with van der Waals surface area (Å²) in [6.07, 6.45) is -3.87. The van der Waals surface area contributed by atoms with E-state index in [1.807, 2.05) is 6.07 Å². The molecule has 0 amide bonds. The zero-order valence-corrected chi connectivity index (χ0v) is 15.4. The van der Waals surface area contributed by atoms with Crippen LogP contribution in [0, 0.1) is 13.8 Å². The van der Waals surface area contributed by atoms with Gasteiger partial charge in [0.15, 0.2) is 18.4 Å². The van der Waals surface area contributed by atoms with Gasteiger partial charge in [-0.3, -0.25) is 4.99 Å². The number of aromatic nitrogens is 2. The molecular weight excluding hydrogens is 363 g/mol. The fourth-order valence-electron chi connectivity index (χ4n) is 2.23. The Labute approximate surface area is 155 Å². The molecule has 1 heterocycles. The van der Waals surface area contributed by atoms with E-state index in [4.69, 9.17) is 9.26 Å². The van der Waals surface area contributed by atoms with Crippen molar-refractivity contribution in [1.82, 2.24) is 20.8 Å². The molecule has 0 bridgehead atoms. The summed E-state index contributed by atoms with van der Waals surface area (Å²) in [7, 11) is 1.60. The molecule has 148 valence electrons. The summed E-state index contributed by atoms with van der Waals surface area (Å²) in [6, 6.07) is 5.12. The van der Waals surface area contributed by atoms with E-state index in [0.717, 1.165) is 5.56 Å². The van der Waals surface area contributed by atoms with Crippen LogP contribution in [-0.2, 0) is 13.0 Å². The number of nitrogens with one attached hydrogen (secondary N) is 2. The van der Waals surface area contributed by atoms with E-state index >= 15 is 0 Å². The van der Waals surface area contributed by atoms with Crippen LogP contribution in [0.25, 0.3) is 0 Å². The molecule has 2 rings (SSSR count). The van der Waals surface area contributed by atoms with Gasteiger partial charge in [-0.05, 0) is 25.5 Å². The normalized spacial score (nSPS) is 12.1. The minimum Gasteiger partial charge on any atom is -0.484 e. The molecule has 10 heteroatoms. The number of nitrogens with zero attached hydrogens (tertiary/aromatic N) is 3. The molecule has 0 atom stereocenters. The Morgan fingerprint density at radius 1 is 1.26 bits per heavy atom. The lowest BCUT2D eigenvalue weighted by molar-refractivity contribution is -0.153. The molecule has 0 aliphatic heterocycles. The van der Waals surface area contributed by atoms with Gasteiger partial charge in [-0.25, -0.2) is 0 Å². The Bertz CT molecular complexity index is 774. The molecule has 0 radical (unpaired) electrons. The highest BCUT2D eigenvalue weighted by Crippen LogP contribution is 2.23. The van der Waals surface area contributed by atoms with Crippen LogP contribution in [0.1, 0.15) is 22.8 Å². The number of ether oxygens (including phenoxy) is 1. The number of guanidine groups is 1. The Balaban J connectivity index is 1.89. The third kappa shape index (κ3) is 7.16. The Morgan fingerprint density at radius 2 is 2.04 bits per heavy atom. The lowest BCUT2D eigenvalue weighted by atomic mass is 10.1. The highest BCUT2D eigenvalue weighted by Gasteiger charge is 2.28. The molecule has 0 spiro atoms. The molecule has 0 fully saturated rings. The maximum atomic E-state index is 12.4. The molecule has 0 saturated heterocycles. The molecule has 2 aromatic rings. The molecule has 2 N–H and O–H groups in total.